The van der Waals surface area contributed by atoms with E-state index in [0.717, 1.165) is 7.11 Å². The minimum absolute atomic E-state index is 0.192. The van der Waals surface area contributed by atoms with Gasteiger partial charge in [-0.1, -0.05) is 0 Å². The molecule has 11 heteroatoms. The van der Waals surface area contributed by atoms with Gasteiger partial charge in [0.15, 0.2) is 11.4 Å². The quantitative estimate of drug-likeness (QED) is 0.594. The summed E-state index contributed by atoms with van der Waals surface area (Å²) in [5.74, 6) is -4.09. The minimum atomic E-state index is -5.09. The molecule has 0 amide bonds. The number of aromatic nitrogens is 2. The molecule has 1 aromatic rings. The lowest BCUT2D eigenvalue weighted by Gasteiger charge is -2.11. The van der Waals surface area contributed by atoms with Gasteiger partial charge in [0.1, 0.15) is 11.3 Å². The van der Waals surface area contributed by atoms with Crippen LogP contribution in [0.5, 0.6) is 0 Å². The molecule has 0 spiro atoms. The zero-order chi connectivity index (χ0) is 18.8. The Morgan fingerprint density at radius 2 is 1.88 bits per heavy atom. The van der Waals surface area contributed by atoms with Gasteiger partial charge in [-0.05, 0) is 25.2 Å². The molecule has 0 radical (unpaired) electrons. The zero-order valence-electron chi connectivity index (χ0n) is 12.8. The molecule has 0 bridgehead atoms. The van der Waals surface area contributed by atoms with Crippen LogP contribution in [0.4, 0.5) is 30.7 Å². The van der Waals surface area contributed by atoms with Crippen molar-refractivity contribution in [3.63, 3.8) is 0 Å². The third-order valence-corrected chi connectivity index (χ3v) is 4.48. The second kappa shape index (κ2) is 5.34. The highest BCUT2D eigenvalue weighted by atomic mass is 19.4. The van der Waals surface area contributed by atoms with Gasteiger partial charge in [0, 0.05) is 6.54 Å². The van der Waals surface area contributed by atoms with Gasteiger partial charge in [-0.2, -0.15) is 31.4 Å². The van der Waals surface area contributed by atoms with Crippen molar-refractivity contribution in [2.45, 2.75) is 43.8 Å². The molecule has 0 aliphatic heterocycles. The maximum absolute atomic E-state index is 14.3. The summed E-state index contributed by atoms with van der Waals surface area (Å²) in [5, 5.41) is 3.53. The van der Waals surface area contributed by atoms with Crippen LogP contribution in [0, 0.1) is 11.8 Å². The Balaban J connectivity index is 2.03. The normalized spacial score (nSPS) is 25.0. The first-order valence-electron chi connectivity index (χ1n) is 7.41. The van der Waals surface area contributed by atoms with Gasteiger partial charge in [0.25, 0.3) is 0 Å². The van der Waals surface area contributed by atoms with Gasteiger partial charge in [-0.3, -0.25) is 4.68 Å². The fourth-order valence-corrected chi connectivity index (χ4v) is 2.90. The fraction of sp³-hybridized carbons (Fsp3) is 0.714. The first-order chi connectivity index (χ1) is 11.4. The van der Waals surface area contributed by atoms with Crippen molar-refractivity contribution in [1.29, 1.82) is 0 Å². The Kier molecular flexibility index (Phi) is 3.84. The number of esters is 1. The zero-order valence-corrected chi connectivity index (χ0v) is 12.8. The number of hydrogen-bond acceptors (Lipinski definition) is 3. The van der Waals surface area contributed by atoms with E-state index >= 15 is 0 Å². The first kappa shape index (κ1) is 18.0. The molecule has 1 unspecified atom stereocenters. The van der Waals surface area contributed by atoms with Gasteiger partial charge >= 0.3 is 18.3 Å². The molecule has 0 saturated heterocycles. The van der Waals surface area contributed by atoms with Crippen LogP contribution in [0.3, 0.4) is 0 Å². The van der Waals surface area contributed by atoms with Gasteiger partial charge in [0.05, 0.1) is 13.0 Å². The summed E-state index contributed by atoms with van der Waals surface area (Å²) in [6, 6.07) is 0. The topological polar surface area (TPSA) is 44.1 Å². The maximum atomic E-state index is 14.3. The van der Waals surface area contributed by atoms with Gasteiger partial charge in [0.2, 0.25) is 0 Å². The first-order valence-corrected chi connectivity index (χ1v) is 7.41. The fourth-order valence-electron chi connectivity index (χ4n) is 2.90. The van der Waals surface area contributed by atoms with Crippen LogP contribution in [0.2, 0.25) is 0 Å². The van der Waals surface area contributed by atoms with Crippen LogP contribution in [0.25, 0.3) is 0 Å². The number of carbonyl (C=O) groups excluding carboxylic acids is 1. The summed E-state index contributed by atoms with van der Waals surface area (Å²) in [4.78, 5) is 11.8. The average molecular weight is 374 g/mol. The molecule has 3 rings (SSSR count). The highest BCUT2D eigenvalue weighted by Crippen LogP contribution is 2.54. The summed E-state index contributed by atoms with van der Waals surface area (Å²) in [6.45, 7) is -0.562. The standard InChI is InChI=1S/C14H13F7N2O2/c1-25-11(24)9-8(14(19,20)21)10(12(15)2-3-12)22-23(9)5-6-4-7(6)13(16,17)18/h6-7H,2-5H2,1H3/t6?,7-/m0/s1. The molecule has 25 heavy (non-hydrogen) atoms. The number of nitrogens with zero attached hydrogens (tertiary/aromatic N) is 2. The third-order valence-electron chi connectivity index (χ3n) is 4.48. The molecule has 2 fully saturated rings. The van der Waals surface area contributed by atoms with Crippen LogP contribution in [0.15, 0.2) is 0 Å². The molecule has 1 heterocycles. The molecule has 2 atom stereocenters. The van der Waals surface area contributed by atoms with E-state index in [-0.39, 0.29) is 19.3 Å². The monoisotopic (exact) mass is 374 g/mol. The number of ether oxygens (including phenoxy) is 1. The van der Waals surface area contributed by atoms with Crippen LogP contribution in [-0.4, -0.2) is 29.0 Å². The number of carbonyl (C=O) groups is 1. The molecule has 4 nitrogen and oxygen atoms in total. The second-order valence-corrected chi connectivity index (χ2v) is 6.35. The molecular weight excluding hydrogens is 361 g/mol. The van der Waals surface area contributed by atoms with E-state index < -0.39 is 59.3 Å². The Morgan fingerprint density at radius 3 is 2.28 bits per heavy atom. The van der Waals surface area contributed by atoms with Crippen LogP contribution in [-0.2, 0) is 23.1 Å². The van der Waals surface area contributed by atoms with Crippen molar-refractivity contribution in [2.24, 2.45) is 11.8 Å². The Hall–Kier alpha value is -1.81. The largest absolute Gasteiger partial charge is 0.464 e. The van der Waals surface area contributed by atoms with E-state index in [4.69, 9.17) is 0 Å². The predicted octanol–water partition coefficient (Wildman–Crippen LogP) is 3.85. The smallest absolute Gasteiger partial charge is 0.420 e. The Morgan fingerprint density at radius 1 is 1.28 bits per heavy atom. The number of halogens is 7. The lowest BCUT2D eigenvalue weighted by Crippen LogP contribution is -2.20. The SMILES string of the molecule is COC(=O)c1c(C(F)(F)F)c(C2(F)CC2)nn1CC1C[C@@H]1C(F)(F)F. The van der Waals surface area contributed by atoms with Crippen LogP contribution in [0.1, 0.15) is 41.0 Å². The summed E-state index contributed by atoms with van der Waals surface area (Å²) in [5.41, 5.74) is -5.89. The summed E-state index contributed by atoms with van der Waals surface area (Å²) < 4.78 is 97.2. The molecule has 2 aliphatic rings. The maximum Gasteiger partial charge on any atom is 0.420 e. The van der Waals surface area contributed by atoms with E-state index in [1.54, 1.807) is 0 Å². The lowest BCUT2D eigenvalue weighted by atomic mass is 10.1. The van der Waals surface area contributed by atoms with E-state index in [1.807, 2.05) is 0 Å². The van der Waals surface area contributed by atoms with Crippen LogP contribution >= 0.6 is 0 Å². The van der Waals surface area contributed by atoms with Gasteiger partial charge in [-0.15, -0.1) is 0 Å². The van der Waals surface area contributed by atoms with Crippen molar-refractivity contribution in [3.8, 4) is 0 Å². The lowest BCUT2D eigenvalue weighted by molar-refractivity contribution is -0.151. The molecule has 0 N–H and O–H groups in total. The van der Waals surface area contributed by atoms with Crippen LogP contribution < -0.4 is 0 Å². The van der Waals surface area contributed by atoms with E-state index in [2.05, 4.69) is 9.84 Å². The molecule has 0 aromatic carbocycles. The number of alkyl halides is 7. The Bertz CT molecular complexity index is 703. The summed E-state index contributed by atoms with van der Waals surface area (Å²) in [7, 11) is 0.831. The predicted molar refractivity (Wildman–Crippen MR) is 68.2 cm³/mol. The van der Waals surface area contributed by atoms with Crippen molar-refractivity contribution >= 4 is 5.97 Å². The van der Waals surface area contributed by atoms with E-state index in [1.165, 1.54) is 0 Å². The number of rotatable bonds is 4. The molecule has 1 aromatic heterocycles. The molecule has 2 saturated carbocycles. The second-order valence-electron chi connectivity index (χ2n) is 6.35. The van der Waals surface area contributed by atoms with Crippen molar-refractivity contribution in [3.05, 3.63) is 17.0 Å². The van der Waals surface area contributed by atoms with Crippen molar-refractivity contribution in [1.82, 2.24) is 9.78 Å². The van der Waals surface area contributed by atoms with E-state index in [0.29, 0.717) is 4.68 Å². The summed E-state index contributed by atoms with van der Waals surface area (Å²) >= 11 is 0. The minimum Gasteiger partial charge on any atom is -0.464 e. The van der Waals surface area contributed by atoms with Gasteiger partial charge < -0.3 is 4.74 Å². The van der Waals surface area contributed by atoms with Crippen molar-refractivity contribution in [2.75, 3.05) is 7.11 Å². The molecule has 2 aliphatic carbocycles. The number of hydrogen-bond donors (Lipinski definition) is 0. The highest BCUT2D eigenvalue weighted by molar-refractivity contribution is 5.90. The summed E-state index contributed by atoms with van der Waals surface area (Å²) in [6.07, 6.45) is -10.2. The Labute approximate surface area is 136 Å². The third kappa shape index (κ3) is 3.20. The van der Waals surface area contributed by atoms with E-state index in [9.17, 15) is 35.5 Å². The molecular formula is C14H13F7N2O2. The number of methoxy groups -OCH3 is 1. The molecule has 140 valence electrons. The average Bonchev–Trinajstić information content (AvgIpc) is 3.35. The van der Waals surface area contributed by atoms with Gasteiger partial charge in [-0.25, -0.2) is 9.18 Å². The highest BCUT2D eigenvalue weighted by Gasteiger charge is 2.58. The van der Waals surface area contributed by atoms with Crippen molar-refractivity contribution < 1.29 is 40.3 Å².